The van der Waals surface area contributed by atoms with Crippen molar-refractivity contribution in [1.29, 1.82) is 0 Å². The lowest BCUT2D eigenvalue weighted by molar-refractivity contribution is 0.100. The Morgan fingerprint density at radius 2 is 1.67 bits per heavy atom. The first-order chi connectivity index (χ1) is 8.75. The Bertz CT molecular complexity index is 506. The number of hydrogen-bond acceptors (Lipinski definition) is 2. The van der Waals surface area contributed by atoms with Crippen LogP contribution >= 0.6 is 0 Å². The number of amides is 1. The molecule has 18 heavy (non-hydrogen) atoms. The Kier molecular flexibility index (Phi) is 3.97. The number of nitrogens with one attached hydrogen (secondary N) is 1. The summed E-state index contributed by atoms with van der Waals surface area (Å²) in [5.74, 6) is -0.397. The molecule has 3 nitrogen and oxygen atoms in total. The average Bonchev–Trinajstić information content (AvgIpc) is 2.40. The van der Waals surface area contributed by atoms with Gasteiger partial charge >= 0.3 is 0 Å². The van der Waals surface area contributed by atoms with Gasteiger partial charge in [-0.15, -0.1) is 0 Å². The van der Waals surface area contributed by atoms with E-state index in [4.69, 9.17) is 5.73 Å². The zero-order valence-corrected chi connectivity index (χ0v) is 10.1. The van der Waals surface area contributed by atoms with E-state index >= 15 is 0 Å². The molecule has 0 radical (unpaired) electrons. The van der Waals surface area contributed by atoms with E-state index < -0.39 is 5.91 Å². The molecule has 2 aromatic rings. The predicted octanol–water partition coefficient (Wildman–Crippen LogP) is 2.44. The zero-order valence-electron chi connectivity index (χ0n) is 10.1. The first-order valence-corrected chi connectivity index (χ1v) is 5.93. The van der Waals surface area contributed by atoms with Crippen LogP contribution in [0.15, 0.2) is 54.6 Å². The van der Waals surface area contributed by atoms with Gasteiger partial charge in [-0.3, -0.25) is 4.79 Å². The molecule has 3 heteroatoms. The number of nitrogens with two attached hydrogens (primary N) is 1. The number of carbonyl (C=O) groups excluding carboxylic acids is 1. The molecule has 0 aliphatic heterocycles. The van der Waals surface area contributed by atoms with Gasteiger partial charge in [-0.05, 0) is 36.2 Å². The Morgan fingerprint density at radius 3 is 2.28 bits per heavy atom. The van der Waals surface area contributed by atoms with E-state index in [9.17, 15) is 4.79 Å². The molecule has 2 rings (SSSR count). The van der Waals surface area contributed by atoms with E-state index in [1.807, 2.05) is 30.3 Å². The third-order valence-corrected chi connectivity index (χ3v) is 2.76. The minimum Gasteiger partial charge on any atom is -0.385 e. The molecule has 0 aromatic heterocycles. The summed E-state index contributed by atoms with van der Waals surface area (Å²) in [4.78, 5) is 10.9. The third kappa shape index (κ3) is 3.35. The number of anilines is 1. The summed E-state index contributed by atoms with van der Waals surface area (Å²) in [6.45, 7) is 0.861. The molecule has 0 aliphatic carbocycles. The van der Waals surface area contributed by atoms with E-state index in [1.54, 1.807) is 12.1 Å². The van der Waals surface area contributed by atoms with Crippen molar-refractivity contribution in [3.63, 3.8) is 0 Å². The first kappa shape index (κ1) is 12.2. The molecule has 3 N–H and O–H groups in total. The third-order valence-electron chi connectivity index (χ3n) is 2.76. The van der Waals surface area contributed by atoms with E-state index in [0.29, 0.717) is 5.56 Å². The summed E-state index contributed by atoms with van der Waals surface area (Å²) < 4.78 is 0. The topological polar surface area (TPSA) is 55.1 Å². The zero-order chi connectivity index (χ0) is 12.8. The van der Waals surface area contributed by atoms with Gasteiger partial charge in [0.15, 0.2) is 0 Å². The van der Waals surface area contributed by atoms with Crippen molar-refractivity contribution < 1.29 is 4.79 Å². The van der Waals surface area contributed by atoms with E-state index in [1.165, 1.54) is 5.56 Å². The highest BCUT2D eigenvalue weighted by Crippen LogP contribution is 2.09. The number of carbonyl (C=O) groups is 1. The fraction of sp³-hybridized carbons (Fsp3) is 0.133. The fourth-order valence-corrected chi connectivity index (χ4v) is 1.75. The maximum absolute atomic E-state index is 10.9. The lowest BCUT2D eigenvalue weighted by Gasteiger charge is -2.06. The van der Waals surface area contributed by atoms with Crippen molar-refractivity contribution >= 4 is 11.6 Å². The van der Waals surface area contributed by atoms with Gasteiger partial charge in [0.25, 0.3) is 0 Å². The van der Waals surface area contributed by atoms with Crippen LogP contribution < -0.4 is 11.1 Å². The Hall–Kier alpha value is -2.29. The molecule has 0 unspecified atom stereocenters. The smallest absolute Gasteiger partial charge is 0.248 e. The van der Waals surface area contributed by atoms with Gasteiger partial charge in [0, 0.05) is 17.8 Å². The standard InChI is InChI=1S/C15H16N2O/c16-15(18)13-6-8-14(9-7-13)17-11-10-12-4-2-1-3-5-12/h1-9,17H,10-11H2,(H2,16,18). The number of benzene rings is 2. The van der Waals surface area contributed by atoms with Crippen LogP contribution in [-0.2, 0) is 6.42 Å². The van der Waals surface area contributed by atoms with Gasteiger partial charge in [0.05, 0.1) is 0 Å². The van der Waals surface area contributed by atoms with Crippen molar-refractivity contribution in [2.75, 3.05) is 11.9 Å². The van der Waals surface area contributed by atoms with Gasteiger partial charge < -0.3 is 11.1 Å². The minimum atomic E-state index is -0.397. The van der Waals surface area contributed by atoms with Crippen molar-refractivity contribution in [1.82, 2.24) is 0 Å². The van der Waals surface area contributed by atoms with Crippen molar-refractivity contribution in [3.05, 3.63) is 65.7 Å². The summed E-state index contributed by atoms with van der Waals surface area (Å²) >= 11 is 0. The molecule has 0 saturated heterocycles. The molecule has 2 aromatic carbocycles. The van der Waals surface area contributed by atoms with Gasteiger partial charge in [-0.25, -0.2) is 0 Å². The van der Waals surface area contributed by atoms with Crippen LogP contribution in [0.4, 0.5) is 5.69 Å². The normalized spacial score (nSPS) is 10.0. The van der Waals surface area contributed by atoms with Gasteiger partial charge in [0.2, 0.25) is 5.91 Å². The van der Waals surface area contributed by atoms with Gasteiger partial charge in [-0.1, -0.05) is 30.3 Å². The lowest BCUT2D eigenvalue weighted by atomic mass is 10.1. The van der Waals surface area contributed by atoms with Gasteiger partial charge in [-0.2, -0.15) is 0 Å². The lowest BCUT2D eigenvalue weighted by Crippen LogP contribution is -2.11. The van der Waals surface area contributed by atoms with E-state index in [2.05, 4.69) is 17.4 Å². The summed E-state index contributed by atoms with van der Waals surface area (Å²) in [5.41, 5.74) is 8.01. The molecule has 0 atom stereocenters. The van der Waals surface area contributed by atoms with E-state index in [0.717, 1.165) is 18.7 Å². The highest BCUT2D eigenvalue weighted by Gasteiger charge is 1.99. The summed E-state index contributed by atoms with van der Waals surface area (Å²) in [6, 6.07) is 17.5. The molecule has 0 aliphatic rings. The summed E-state index contributed by atoms with van der Waals surface area (Å²) in [5, 5.41) is 3.31. The van der Waals surface area contributed by atoms with Crippen LogP contribution in [0, 0.1) is 0 Å². The molecular weight excluding hydrogens is 224 g/mol. The van der Waals surface area contributed by atoms with Crippen LogP contribution in [0.25, 0.3) is 0 Å². The number of rotatable bonds is 5. The highest BCUT2D eigenvalue weighted by atomic mass is 16.1. The molecule has 0 saturated carbocycles. The van der Waals surface area contributed by atoms with Crippen LogP contribution in [-0.4, -0.2) is 12.5 Å². The maximum atomic E-state index is 10.9. The monoisotopic (exact) mass is 240 g/mol. The van der Waals surface area contributed by atoms with Crippen LogP contribution in [0.2, 0.25) is 0 Å². The van der Waals surface area contributed by atoms with Crippen molar-refractivity contribution in [3.8, 4) is 0 Å². The highest BCUT2D eigenvalue weighted by molar-refractivity contribution is 5.93. The average molecular weight is 240 g/mol. The Balaban J connectivity index is 1.85. The number of hydrogen-bond donors (Lipinski definition) is 2. The number of primary amides is 1. The van der Waals surface area contributed by atoms with Crippen LogP contribution in [0.5, 0.6) is 0 Å². The molecule has 1 amide bonds. The van der Waals surface area contributed by atoms with Crippen LogP contribution in [0.3, 0.4) is 0 Å². The molecular formula is C15H16N2O. The van der Waals surface area contributed by atoms with E-state index in [-0.39, 0.29) is 0 Å². The first-order valence-electron chi connectivity index (χ1n) is 5.93. The SMILES string of the molecule is NC(=O)c1ccc(NCCc2ccccc2)cc1. The Labute approximate surface area is 107 Å². The molecule has 0 heterocycles. The second-order valence-corrected chi connectivity index (χ2v) is 4.10. The molecule has 0 spiro atoms. The van der Waals surface area contributed by atoms with Crippen molar-refractivity contribution in [2.24, 2.45) is 5.73 Å². The maximum Gasteiger partial charge on any atom is 0.248 e. The largest absolute Gasteiger partial charge is 0.385 e. The summed E-state index contributed by atoms with van der Waals surface area (Å²) in [7, 11) is 0. The second kappa shape index (κ2) is 5.87. The second-order valence-electron chi connectivity index (χ2n) is 4.10. The fourth-order valence-electron chi connectivity index (χ4n) is 1.75. The molecule has 92 valence electrons. The quantitative estimate of drug-likeness (QED) is 0.843. The Morgan fingerprint density at radius 1 is 1.00 bits per heavy atom. The predicted molar refractivity (Wildman–Crippen MR) is 73.6 cm³/mol. The molecule has 0 bridgehead atoms. The van der Waals surface area contributed by atoms with Gasteiger partial charge in [0.1, 0.15) is 0 Å². The van der Waals surface area contributed by atoms with Crippen molar-refractivity contribution in [2.45, 2.75) is 6.42 Å². The minimum absolute atomic E-state index is 0.397. The van der Waals surface area contributed by atoms with Crippen LogP contribution in [0.1, 0.15) is 15.9 Å². The molecule has 0 fully saturated rings. The summed E-state index contributed by atoms with van der Waals surface area (Å²) in [6.07, 6.45) is 0.971.